The summed E-state index contributed by atoms with van der Waals surface area (Å²) in [5, 5.41) is 0. The summed E-state index contributed by atoms with van der Waals surface area (Å²) in [6, 6.07) is 0. The number of methoxy groups -OCH3 is 1. The van der Waals surface area contributed by atoms with Crippen molar-refractivity contribution in [3.05, 3.63) is 11.5 Å². The van der Waals surface area contributed by atoms with E-state index < -0.39 is 11.9 Å². The molecule has 0 radical (unpaired) electrons. The molecule has 96 valence electrons. The van der Waals surface area contributed by atoms with E-state index >= 15 is 0 Å². The Bertz CT molecular complexity index is 331. The van der Waals surface area contributed by atoms with Crippen molar-refractivity contribution in [2.45, 2.75) is 19.8 Å². The van der Waals surface area contributed by atoms with Crippen LogP contribution in [0.15, 0.2) is 11.5 Å². The number of hydrogen-bond donors (Lipinski definition) is 1. The van der Waals surface area contributed by atoms with Crippen LogP contribution in [0.3, 0.4) is 0 Å². The Morgan fingerprint density at radius 3 is 2.35 bits per heavy atom. The maximum Gasteiger partial charge on any atom is 0.375 e. The number of rotatable bonds is 3. The van der Waals surface area contributed by atoms with Gasteiger partial charge in [0.15, 0.2) is 0 Å². The van der Waals surface area contributed by atoms with Gasteiger partial charge in [-0.2, -0.15) is 0 Å². The molecule has 0 aromatic rings. The van der Waals surface area contributed by atoms with Crippen molar-refractivity contribution >= 4 is 11.9 Å². The molecule has 1 fully saturated rings. The van der Waals surface area contributed by atoms with Crippen molar-refractivity contribution < 1.29 is 23.8 Å². The molecule has 0 bridgehead atoms. The second kappa shape index (κ2) is 6.24. The minimum absolute atomic E-state index is 0.0165. The Morgan fingerprint density at radius 1 is 1.29 bits per heavy atom. The van der Waals surface area contributed by atoms with E-state index in [4.69, 9.17) is 15.2 Å². The lowest BCUT2D eigenvalue weighted by molar-refractivity contribution is -0.148. The molecular formula is C11H17NO5. The quantitative estimate of drug-likeness (QED) is 0.436. The van der Waals surface area contributed by atoms with Crippen LogP contribution >= 0.6 is 0 Å². The van der Waals surface area contributed by atoms with Crippen LogP contribution in [0, 0.1) is 5.92 Å². The zero-order chi connectivity index (χ0) is 12.8. The van der Waals surface area contributed by atoms with Gasteiger partial charge in [-0.1, -0.05) is 0 Å². The van der Waals surface area contributed by atoms with Crippen LogP contribution in [0.1, 0.15) is 19.8 Å². The SMILES string of the molecule is COC(=O)/C(OC(C)=O)=C(\N)C1CCOCC1. The van der Waals surface area contributed by atoms with Crippen LogP contribution in [0.4, 0.5) is 0 Å². The zero-order valence-electron chi connectivity index (χ0n) is 10.0. The highest BCUT2D eigenvalue weighted by Crippen LogP contribution is 2.23. The average molecular weight is 243 g/mol. The van der Waals surface area contributed by atoms with Crippen molar-refractivity contribution in [3.63, 3.8) is 0 Å². The highest BCUT2D eigenvalue weighted by molar-refractivity contribution is 5.89. The summed E-state index contributed by atoms with van der Waals surface area (Å²) < 4.78 is 14.6. The molecule has 0 amide bonds. The fraction of sp³-hybridized carbons (Fsp3) is 0.636. The summed E-state index contributed by atoms with van der Waals surface area (Å²) in [6.45, 7) is 2.37. The van der Waals surface area contributed by atoms with Crippen molar-refractivity contribution in [3.8, 4) is 0 Å². The second-order valence-corrected chi connectivity index (χ2v) is 3.76. The molecule has 0 saturated carbocycles. The molecule has 0 aromatic heterocycles. The molecule has 6 heteroatoms. The van der Waals surface area contributed by atoms with Crippen molar-refractivity contribution in [2.24, 2.45) is 11.7 Å². The van der Waals surface area contributed by atoms with Gasteiger partial charge in [-0.25, -0.2) is 4.79 Å². The van der Waals surface area contributed by atoms with E-state index in [1.807, 2.05) is 0 Å². The fourth-order valence-electron chi connectivity index (χ4n) is 1.65. The predicted molar refractivity (Wildman–Crippen MR) is 58.5 cm³/mol. The molecule has 1 rings (SSSR count). The molecule has 1 aliphatic rings. The van der Waals surface area contributed by atoms with Gasteiger partial charge >= 0.3 is 11.9 Å². The summed E-state index contributed by atoms with van der Waals surface area (Å²) in [6.07, 6.45) is 1.40. The van der Waals surface area contributed by atoms with Crippen molar-refractivity contribution in [2.75, 3.05) is 20.3 Å². The monoisotopic (exact) mass is 243 g/mol. The molecule has 2 N–H and O–H groups in total. The molecule has 6 nitrogen and oxygen atoms in total. The first kappa shape index (κ1) is 13.5. The number of carbonyl (C=O) groups excluding carboxylic acids is 2. The molecule has 1 aliphatic heterocycles. The number of carbonyl (C=O) groups is 2. The van der Waals surface area contributed by atoms with Gasteiger partial charge in [-0.15, -0.1) is 0 Å². The highest BCUT2D eigenvalue weighted by atomic mass is 16.6. The Balaban J connectivity index is 2.90. The normalized spacial score (nSPS) is 18.2. The van der Waals surface area contributed by atoms with Crippen LogP contribution in [0.2, 0.25) is 0 Å². The fourth-order valence-corrected chi connectivity index (χ4v) is 1.65. The summed E-state index contributed by atoms with van der Waals surface area (Å²) in [4.78, 5) is 22.4. The summed E-state index contributed by atoms with van der Waals surface area (Å²) >= 11 is 0. The van der Waals surface area contributed by atoms with Gasteiger partial charge in [0.1, 0.15) is 0 Å². The van der Waals surface area contributed by atoms with Gasteiger partial charge in [-0.3, -0.25) is 4.79 Å². The molecular weight excluding hydrogens is 226 g/mol. The van der Waals surface area contributed by atoms with E-state index in [2.05, 4.69) is 4.74 Å². The standard InChI is InChI=1S/C11H17NO5/c1-7(13)17-10(11(14)15-2)9(12)8-3-5-16-6-4-8/h8H,3-6,12H2,1-2H3/b10-9+. The number of allylic oxidation sites excluding steroid dienone is 1. The summed E-state index contributed by atoms with van der Waals surface area (Å²) in [7, 11) is 1.21. The molecule has 0 spiro atoms. The van der Waals surface area contributed by atoms with Gasteiger partial charge in [-0.05, 0) is 12.8 Å². The Labute approximate surface area is 99.7 Å². The first-order chi connectivity index (χ1) is 8.06. The average Bonchev–Trinajstić information content (AvgIpc) is 2.35. The Hall–Kier alpha value is -1.56. The molecule has 1 heterocycles. The lowest BCUT2D eigenvalue weighted by Gasteiger charge is -2.23. The van der Waals surface area contributed by atoms with Crippen molar-refractivity contribution in [1.82, 2.24) is 0 Å². The zero-order valence-corrected chi connectivity index (χ0v) is 10.0. The molecule has 0 aliphatic carbocycles. The van der Waals surface area contributed by atoms with Gasteiger partial charge in [0.05, 0.1) is 12.8 Å². The second-order valence-electron chi connectivity index (χ2n) is 3.76. The maximum atomic E-state index is 11.5. The van der Waals surface area contributed by atoms with Crippen LogP contribution in [0.25, 0.3) is 0 Å². The first-order valence-electron chi connectivity index (χ1n) is 5.40. The summed E-state index contributed by atoms with van der Waals surface area (Å²) in [5.41, 5.74) is 6.12. The lowest BCUT2D eigenvalue weighted by atomic mass is 9.96. The number of ether oxygens (including phenoxy) is 3. The van der Waals surface area contributed by atoms with Gasteiger partial charge in [0.25, 0.3) is 0 Å². The van der Waals surface area contributed by atoms with Gasteiger partial charge in [0, 0.05) is 26.1 Å². The Morgan fingerprint density at radius 2 is 1.88 bits per heavy atom. The predicted octanol–water partition coefficient (Wildman–Crippen LogP) is 0.319. The molecule has 0 aromatic carbocycles. The van der Waals surface area contributed by atoms with Crippen LogP contribution in [-0.4, -0.2) is 32.3 Å². The van der Waals surface area contributed by atoms with Gasteiger partial charge in [0.2, 0.25) is 5.76 Å². The smallest absolute Gasteiger partial charge is 0.375 e. The number of esters is 2. The minimum Gasteiger partial charge on any atom is -0.463 e. The molecule has 1 saturated heterocycles. The third-order valence-corrected chi connectivity index (χ3v) is 2.54. The Kier molecular flexibility index (Phi) is 4.96. The van der Waals surface area contributed by atoms with Crippen LogP contribution < -0.4 is 5.73 Å². The minimum atomic E-state index is -0.732. The molecule has 17 heavy (non-hydrogen) atoms. The van der Waals surface area contributed by atoms with E-state index in [1.165, 1.54) is 14.0 Å². The van der Waals surface area contributed by atoms with E-state index in [1.54, 1.807) is 0 Å². The first-order valence-corrected chi connectivity index (χ1v) is 5.40. The number of hydrogen-bond acceptors (Lipinski definition) is 6. The van der Waals surface area contributed by atoms with Crippen LogP contribution in [-0.2, 0) is 23.8 Å². The van der Waals surface area contributed by atoms with E-state index in [9.17, 15) is 9.59 Å². The van der Waals surface area contributed by atoms with E-state index in [0.717, 1.165) is 0 Å². The third kappa shape index (κ3) is 3.74. The highest BCUT2D eigenvalue weighted by Gasteiger charge is 2.25. The third-order valence-electron chi connectivity index (χ3n) is 2.54. The number of nitrogens with two attached hydrogens (primary N) is 1. The lowest BCUT2D eigenvalue weighted by Crippen LogP contribution is -2.26. The summed E-state index contributed by atoms with van der Waals surface area (Å²) in [5.74, 6) is -1.55. The van der Waals surface area contributed by atoms with E-state index in [-0.39, 0.29) is 17.4 Å². The van der Waals surface area contributed by atoms with Gasteiger partial charge < -0.3 is 19.9 Å². The van der Waals surface area contributed by atoms with Crippen molar-refractivity contribution in [1.29, 1.82) is 0 Å². The largest absolute Gasteiger partial charge is 0.463 e. The topological polar surface area (TPSA) is 87.9 Å². The molecule has 0 unspecified atom stereocenters. The van der Waals surface area contributed by atoms with E-state index in [0.29, 0.717) is 26.1 Å². The maximum absolute atomic E-state index is 11.5. The molecule has 0 atom stereocenters. The van der Waals surface area contributed by atoms with Crippen LogP contribution in [0.5, 0.6) is 0 Å².